The first-order chi connectivity index (χ1) is 18.7. The maximum absolute atomic E-state index is 14.0. The van der Waals surface area contributed by atoms with E-state index >= 15 is 0 Å². The maximum atomic E-state index is 14.0. The number of hydrazone groups is 1. The van der Waals surface area contributed by atoms with E-state index in [9.17, 15) is 14.7 Å². The number of carboxylic acids is 1. The molecule has 3 aromatic carbocycles. The lowest BCUT2D eigenvalue weighted by Gasteiger charge is -2.30. The van der Waals surface area contributed by atoms with Crippen molar-refractivity contribution in [3.63, 3.8) is 0 Å². The Hall–Kier alpha value is -4.39. The SMILES string of the molecule is CN(C)c1ccc(/C=C2\CCC[C@@H]3C2=NN(C(=O)c2ccccc2C(=O)O)[C@@H]3c2ccc(N(C)C)cc2)cc1. The number of rotatable bonds is 6. The number of aromatic carboxylic acids is 1. The molecule has 1 aliphatic heterocycles. The van der Waals surface area contributed by atoms with Gasteiger partial charge in [0.05, 0.1) is 22.9 Å². The van der Waals surface area contributed by atoms with Crippen molar-refractivity contribution in [2.45, 2.75) is 25.3 Å². The van der Waals surface area contributed by atoms with E-state index in [1.54, 1.807) is 18.2 Å². The monoisotopic (exact) mass is 522 g/mol. The summed E-state index contributed by atoms with van der Waals surface area (Å²) in [6, 6.07) is 22.7. The highest BCUT2D eigenvalue weighted by atomic mass is 16.4. The van der Waals surface area contributed by atoms with Gasteiger partial charge in [-0.15, -0.1) is 0 Å². The molecule has 0 bridgehead atoms. The number of amides is 1. The number of hydrogen-bond donors (Lipinski definition) is 1. The van der Waals surface area contributed by atoms with Crippen molar-refractivity contribution in [2.75, 3.05) is 38.0 Å². The van der Waals surface area contributed by atoms with E-state index in [4.69, 9.17) is 5.10 Å². The molecule has 2 aliphatic rings. The number of hydrogen-bond acceptors (Lipinski definition) is 5. The summed E-state index contributed by atoms with van der Waals surface area (Å²) < 4.78 is 0. The van der Waals surface area contributed by atoms with Crippen molar-refractivity contribution in [2.24, 2.45) is 11.0 Å². The first-order valence-electron chi connectivity index (χ1n) is 13.2. The predicted octanol–water partition coefficient (Wildman–Crippen LogP) is 5.95. The van der Waals surface area contributed by atoms with Crippen molar-refractivity contribution in [3.05, 3.63) is 101 Å². The number of allylic oxidation sites excluding steroid dienone is 1. The fourth-order valence-corrected chi connectivity index (χ4v) is 5.52. The van der Waals surface area contributed by atoms with Gasteiger partial charge >= 0.3 is 5.97 Å². The highest BCUT2D eigenvalue weighted by molar-refractivity contribution is 6.10. The number of carbonyl (C=O) groups excluding carboxylic acids is 1. The Morgan fingerprint density at radius 2 is 1.46 bits per heavy atom. The van der Waals surface area contributed by atoms with Gasteiger partial charge in [0, 0.05) is 45.5 Å². The normalized spacial score (nSPS) is 19.4. The third kappa shape index (κ3) is 5.17. The molecule has 200 valence electrons. The zero-order chi connectivity index (χ0) is 27.7. The van der Waals surface area contributed by atoms with Gasteiger partial charge in [-0.1, -0.05) is 36.4 Å². The van der Waals surface area contributed by atoms with Crippen LogP contribution in [-0.2, 0) is 0 Å². The van der Waals surface area contributed by atoms with Crippen LogP contribution in [0.5, 0.6) is 0 Å². The molecule has 1 N–H and O–H groups in total. The van der Waals surface area contributed by atoms with Gasteiger partial charge in [0.15, 0.2) is 0 Å². The van der Waals surface area contributed by atoms with Crippen LogP contribution in [0.2, 0.25) is 0 Å². The fraction of sp³-hybridized carbons (Fsp3) is 0.281. The zero-order valence-electron chi connectivity index (χ0n) is 22.8. The molecule has 1 aliphatic carbocycles. The summed E-state index contributed by atoms with van der Waals surface area (Å²) in [5.74, 6) is -1.50. The summed E-state index contributed by atoms with van der Waals surface area (Å²) in [4.78, 5) is 30.0. The molecule has 1 amide bonds. The summed E-state index contributed by atoms with van der Waals surface area (Å²) in [7, 11) is 8.03. The minimum Gasteiger partial charge on any atom is -0.478 e. The van der Waals surface area contributed by atoms with Crippen LogP contribution < -0.4 is 9.80 Å². The molecule has 0 saturated heterocycles. The van der Waals surface area contributed by atoms with Gasteiger partial charge in [0.25, 0.3) is 5.91 Å². The van der Waals surface area contributed by atoms with Gasteiger partial charge in [-0.25, -0.2) is 9.80 Å². The minimum absolute atomic E-state index is 0.0176. The van der Waals surface area contributed by atoms with E-state index in [-0.39, 0.29) is 23.1 Å². The third-order valence-electron chi connectivity index (χ3n) is 7.60. The van der Waals surface area contributed by atoms with E-state index in [1.165, 1.54) is 11.1 Å². The number of benzene rings is 3. The number of carbonyl (C=O) groups is 2. The Labute approximate surface area is 229 Å². The van der Waals surface area contributed by atoms with Crippen LogP contribution in [0.25, 0.3) is 6.08 Å². The smallest absolute Gasteiger partial charge is 0.336 e. The number of nitrogens with zero attached hydrogens (tertiary/aromatic N) is 4. The second-order valence-corrected chi connectivity index (χ2v) is 10.6. The molecule has 3 aromatic rings. The summed E-state index contributed by atoms with van der Waals surface area (Å²) in [6.07, 6.45) is 4.95. The van der Waals surface area contributed by atoms with Gasteiger partial charge in [-0.2, -0.15) is 5.10 Å². The van der Waals surface area contributed by atoms with Crippen LogP contribution in [0.4, 0.5) is 11.4 Å². The molecule has 7 heteroatoms. The van der Waals surface area contributed by atoms with E-state index in [0.29, 0.717) is 0 Å². The molecule has 1 heterocycles. The third-order valence-corrected chi connectivity index (χ3v) is 7.60. The summed E-state index contributed by atoms with van der Waals surface area (Å²) in [5.41, 5.74) is 6.45. The van der Waals surface area contributed by atoms with E-state index < -0.39 is 11.9 Å². The highest BCUT2D eigenvalue weighted by Gasteiger charge is 2.44. The molecular formula is C32H34N4O3. The van der Waals surface area contributed by atoms with Crippen molar-refractivity contribution < 1.29 is 14.7 Å². The van der Waals surface area contributed by atoms with Gasteiger partial charge in [0.1, 0.15) is 0 Å². The average Bonchev–Trinajstić information content (AvgIpc) is 3.33. The van der Waals surface area contributed by atoms with Gasteiger partial charge in [-0.05, 0) is 78.4 Å². The lowest BCUT2D eigenvalue weighted by molar-refractivity contribution is 0.0646. The fourth-order valence-electron chi connectivity index (χ4n) is 5.52. The minimum atomic E-state index is -1.13. The van der Waals surface area contributed by atoms with Crippen LogP contribution >= 0.6 is 0 Å². The molecule has 5 rings (SSSR count). The number of fused-ring (bicyclic) bond motifs is 1. The molecule has 1 saturated carbocycles. The van der Waals surface area contributed by atoms with E-state index in [0.717, 1.165) is 53.0 Å². The highest BCUT2D eigenvalue weighted by Crippen LogP contribution is 2.45. The standard InChI is InChI=1S/C32H34N4O3/c1-34(2)24-16-12-21(13-17-24)20-23-8-7-11-28-29(23)33-36(30(28)22-14-18-25(19-15-22)35(3)4)31(37)26-9-5-6-10-27(26)32(38)39/h5-6,9-10,12-20,28,30H,7-8,11H2,1-4H3,(H,38,39)/b23-20+/t28-,30-/m1/s1. The van der Waals surface area contributed by atoms with Gasteiger partial charge in [0.2, 0.25) is 0 Å². The molecule has 0 aromatic heterocycles. The van der Waals surface area contributed by atoms with Crippen LogP contribution in [-0.4, -0.2) is 55.9 Å². The van der Waals surface area contributed by atoms with Crippen molar-refractivity contribution >= 4 is 35.0 Å². The van der Waals surface area contributed by atoms with Crippen molar-refractivity contribution in [3.8, 4) is 0 Å². The topological polar surface area (TPSA) is 76.4 Å². The van der Waals surface area contributed by atoms with Crippen LogP contribution in [0, 0.1) is 5.92 Å². The zero-order valence-corrected chi connectivity index (χ0v) is 22.8. The quantitative estimate of drug-likeness (QED) is 0.433. The molecule has 7 nitrogen and oxygen atoms in total. The summed E-state index contributed by atoms with van der Waals surface area (Å²) >= 11 is 0. The van der Waals surface area contributed by atoms with E-state index in [2.05, 4.69) is 47.4 Å². The van der Waals surface area contributed by atoms with Gasteiger partial charge in [-0.3, -0.25) is 4.79 Å². The molecule has 39 heavy (non-hydrogen) atoms. The lowest BCUT2D eigenvalue weighted by Crippen LogP contribution is -2.32. The Morgan fingerprint density at radius 3 is 2.05 bits per heavy atom. The molecule has 0 spiro atoms. The first-order valence-corrected chi connectivity index (χ1v) is 13.2. The average molecular weight is 523 g/mol. The molecule has 2 atom stereocenters. The lowest BCUT2D eigenvalue weighted by atomic mass is 9.77. The Bertz CT molecular complexity index is 1440. The summed E-state index contributed by atoms with van der Waals surface area (Å²) in [5, 5.41) is 16.2. The first kappa shape index (κ1) is 26.2. The second kappa shape index (κ2) is 10.8. The number of carboxylic acid groups (broad SMARTS) is 1. The molecule has 0 radical (unpaired) electrons. The number of anilines is 2. The van der Waals surface area contributed by atoms with Crippen LogP contribution in [0.15, 0.2) is 83.5 Å². The Morgan fingerprint density at radius 1 is 0.872 bits per heavy atom. The van der Waals surface area contributed by atoms with E-state index in [1.807, 2.05) is 45.2 Å². The summed E-state index contributed by atoms with van der Waals surface area (Å²) in [6.45, 7) is 0. The van der Waals surface area contributed by atoms with Crippen molar-refractivity contribution in [1.82, 2.24) is 5.01 Å². The van der Waals surface area contributed by atoms with Crippen molar-refractivity contribution in [1.29, 1.82) is 0 Å². The predicted molar refractivity (Wildman–Crippen MR) is 157 cm³/mol. The largest absolute Gasteiger partial charge is 0.478 e. The van der Waals surface area contributed by atoms with Gasteiger partial charge < -0.3 is 14.9 Å². The second-order valence-electron chi connectivity index (χ2n) is 10.6. The maximum Gasteiger partial charge on any atom is 0.336 e. The Kier molecular flexibility index (Phi) is 7.24. The molecule has 1 fully saturated rings. The molecular weight excluding hydrogens is 488 g/mol. The van der Waals surface area contributed by atoms with Crippen LogP contribution in [0.3, 0.4) is 0 Å². The molecule has 0 unspecified atom stereocenters. The van der Waals surface area contributed by atoms with Crippen LogP contribution in [0.1, 0.15) is 57.1 Å². The Balaban J connectivity index is 1.58.